The molecule has 0 saturated carbocycles. The van der Waals surface area contributed by atoms with Crippen LogP contribution in [0, 0.1) is 11.8 Å². The van der Waals surface area contributed by atoms with Crippen LogP contribution in [0.15, 0.2) is 12.2 Å². The highest BCUT2D eigenvalue weighted by atomic mass is 16.3. The Bertz CT molecular complexity index is 242. The molecule has 16 heavy (non-hydrogen) atoms. The monoisotopic (exact) mass is 228 g/mol. The van der Waals surface area contributed by atoms with Crippen LogP contribution in [0.25, 0.3) is 0 Å². The number of hydrogen-bond acceptors (Lipinski definition) is 3. The van der Waals surface area contributed by atoms with Crippen molar-refractivity contribution in [1.29, 1.82) is 0 Å². The van der Waals surface area contributed by atoms with Crippen LogP contribution in [-0.2, 0) is 4.79 Å². The topological polar surface area (TPSA) is 57.5 Å². The molecule has 0 spiro atoms. The van der Waals surface area contributed by atoms with Crippen LogP contribution >= 0.6 is 0 Å². The van der Waals surface area contributed by atoms with Gasteiger partial charge in [-0.15, -0.1) is 0 Å². The SMILES string of the molecule is CC(=O)CCC(C=CC(C)(O)CO)C(C)C. The van der Waals surface area contributed by atoms with Crippen LogP contribution in [0.2, 0.25) is 0 Å². The van der Waals surface area contributed by atoms with Crippen molar-refractivity contribution in [2.24, 2.45) is 11.8 Å². The summed E-state index contributed by atoms with van der Waals surface area (Å²) in [6.07, 6.45) is 4.89. The normalized spacial score (nSPS) is 17.7. The van der Waals surface area contributed by atoms with E-state index in [1.165, 1.54) is 0 Å². The first-order chi connectivity index (χ1) is 7.28. The quantitative estimate of drug-likeness (QED) is 0.655. The molecule has 0 aliphatic heterocycles. The molecule has 0 bridgehead atoms. The zero-order chi connectivity index (χ0) is 12.8. The van der Waals surface area contributed by atoms with Crippen LogP contribution < -0.4 is 0 Å². The van der Waals surface area contributed by atoms with Crippen molar-refractivity contribution in [2.75, 3.05) is 6.61 Å². The van der Waals surface area contributed by atoms with E-state index in [1.807, 2.05) is 6.08 Å². The molecule has 3 nitrogen and oxygen atoms in total. The molecular weight excluding hydrogens is 204 g/mol. The lowest BCUT2D eigenvalue weighted by Crippen LogP contribution is -2.26. The van der Waals surface area contributed by atoms with Crippen molar-refractivity contribution < 1.29 is 15.0 Å². The van der Waals surface area contributed by atoms with E-state index in [0.717, 1.165) is 6.42 Å². The van der Waals surface area contributed by atoms with Crippen molar-refractivity contribution in [3.63, 3.8) is 0 Å². The number of aliphatic hydroxyl groups is 2. The van der Waals surface area contributed by atoms with Gasteiger partial charge in [-0.05, 0) is 32.1 Å². The average Bonchev–Trinajstić information content (AvgIpc) is 2.16. The number of hydrogen-bond donors (Lipinski definition) is 2. The zero-order valence-corrected chi connectivity index (χ0v) is 10.7. The third-order valence-electron chi connectivity index (χ3n) is 2.71. The van der Waals surface area contributed by atoms with E-state index in [-0.39, 0.29) is 18.3 Å². The maximum atomic E-state index is 10.9. The lowest BCUT2D eigenvalue weighted by Gasteiger charge is -2.20. The standard InChI is InChI=1S/C13H24O3/c1-10(2)12(6-5-11(3)15)7-8-13(4,16)9-14/h7-8,10,12,14,16H,5-6,9H2,1-4H3. The summed E-state index contributed by atoms with van der Waals surface area (Å²) in [4.78, 5) is 10.9. The molecule has 0 fully saturated rings. The van der Waals surface area contributed by atoms with Gasteiger partial charge >= 0.3 is 0 Å². The van der Waals surface area contributed by atoms with Gasteiger partial charge in [0.05, 0.1) is 6.61 Å². The molecule has 0 aromatic heterocycles. The Morgan fingerprint density at radius 2 is 2.00 bits per heavy atom. The van der Waals surface area contributed by atoms with Crippen LogP contribution in [-0.4, -0.2) is 28.2 Å². The first-order valence-electron chi connectivity index (χ1n) is 5.80. The number of carbonyl (C=O) groups excluding carboxylic acids is 1. The smallest absolute Gasteiger partial charge is 0.129 e. The molecule has 0 radical (unpaired) electrons. The van der Waals surface area contributed by atoms with E-state index in [4.69, 9.17) is 5.11 Å². The van der Waals surface area contributed by atoms with E-state index in [1.54, 1.807) is 19.9 Å². The third-order valence-corrected chi connectivity index (χ3v) is 2.71. The second-order valence-corrected chi connectivity index (χ2v) is 5.02. The van der Waals surface area contributed by atoms with Gasteiger partial charge in [-0.2, -0.15) is 0 Å². The largest absolute Gasteiger partial charge is 0.393 e. The Hall–Kier alpha value is -0.670. The Morgan fingerprint density at radius 3 is 2.38 bits per heavy atom. The molecule has 0 aromatic rings. The molecule has 0 aliphatic rings. The summed E-state index contributed by atoms with van der Waals surface area (Å²) in [6, 6.07) is 0. The van der Waals surface area contributed by atoms with Gasteiger partial charge in [0.25, 0.3) is 0 Å². The minimum Gasteiger partial charge on any atom is -0.393 e. The molecule has 0 saturated heterocycles. The Labute approximate surface area is 98.2 Å². The molecule has 0 aromatic carbocycles. The van der Waals surface area contributed by atoms with E-state index in [2.05, 4.69) is 13.8 Å². The van der Waals surface area contributed by atoms with Crippen molar-refractivity contribution in [2.45, 2.75) is 46.1 Å². The summed E-state index contributed by atoms with van der Waals surface area (Å²) in [7, 11) is 0. The molecule has 0 heterocycles. The van der Waals surface area contributed by atoms with Gasteiger partial charge in [0.2, 0.25) is 0 Å². The van der Waals surface area contributed by atoms with Crippen molar-refractivity contribution in [1.82, 2.24) is 0 Å². The van der Waals surface area contributed by atoms with Gasteiger partial charge in [-0.3, -0.25) is 0 Å². The van der Waals surface area contributed by atoms with Crippen LogP contribution in [0.4, 0.5) is 0 Å². The maximum Gasteiger partial charge on any atom is 0.129 e. The van der Waals surface area contributed by atoms with E-state index in [0.29, 0.717) is 12.3 Å². The number of ketones is 1. The van der Waals surface area contributed by atoms with Crippen molar-refractivity contribution >= 4 is 5.78 Å². The first-order valence-corrected chi connectivity index (χ1v) is 5.80. The summed E-state index contributed by atoms with van der Waals surface area (Å²) in [5.41, 5.74) is -1.16. The summed E-state index contributed by atoms with van der Waals surface area (Å²) in [5.74, 6) is 0.875. The highest BCUT2D eigenvalue weighted by Crippen LogP contribution is 2.20. The molecule has 0 rings (SSSR count). The number of rotatable bonds is 7. The predicted molar refractivity (Wildman–Crippen MR) is 65.1 cm³/mol. The van der Waals surface area contributed by atoms with E-state index < -0.39 is 5.60 Å². The highest BCUT2D eigenvalue weighted by Gasteiger charge is 2.17. The summed E-state index contributed by atoms with van der Waals surface area (Å²) in [6.45, 7) is 7.03. The molecule has 2 N–H and O–H groups in total. The minimum absolute atomic E-state index is 0.188. The minimum atomic E-state index is -1.16. The van der Waals surface area contributed by atoms with Crippen LogP contribution in [0.5, 0.6) is 0 Å². The first kappa shape index (κ1) is 15.3. The van der Waals surface area contributed by atoms with E-state index >= 15 is 0 Å². The molecule has 0 aliphatic carbocycles. The zero-order valence-electron chi connectivity index (χ0n) is 10.7. The van der Waals surface area contributed by atoms with Crippen molar-refractivity contribution in [3.8, 4) is 0 Å². The average molecular weight is 228 g/mol. The fourth-order valence-electron chi connectivity index (χ4n) is 1.41. The lowest BCUT2D eigenvalue weighted by molar-refractivity contribution is -0.117. The molecular formula is C13H24O3. The third kappa shape index (κ3) is 6.75. The molecule has 0 amide bonds. The Morgan fingerprint density at radius 1 is 1.44 bits per heavy atom. The van der Waals surface area contributed by atoms with Crippen molar-refractivity contribution in [3.05, 3.63) is 12.2 Å². The van der Waals surface area contributed by atoms with Crippen LogP contribution in [0.3, 0.4) is 0 Å². The van der Waals surface area contributed by atoms with Crippen LogP contribution in [0.1, 0.15) is 40.5 Å². The number of allylic oxidation sites excluding steroid dienone is 1. The fraction of sp³-hybridized carbons (Fsp3) is 0.769. The highest BCUT2D eigenvalue weighted by molar-refractivity contribution is 5.75. The molecule has 94 valence electrons. The molecule has 2 unspecified atom stereocenters. The summed E-state index contributed by atoms with van der Waals surface area (Å²) < 4.78 is 0. The van der Waals surface area contributed by atoms with Gasteiger partial charge in [-0.25, -0.2) is 0 Å². The van der Waals surface area contributed by atoms with E-state index in [9.17, 15) is 9.90 Å². The van der Waals surface area contributed by atoms with Gasteiger partial charge in [0, 0.05) is 6.42 Å². The van der Waals surface area contributed by atoms with Gasteiger partial charge in [-0.1, -0.05) is 26.0 Å². The molecule has 2 atom stereocenters. The molecule has 3 heteroatoms. The number of carbonyl (C=O) groups is 1. The van der Waals surface area contributed by atoms with Gasteiger partial charge in [0.15, 0.2) is 0 Å². The van der Waals surface area contributed by atoms with Gasteiger partial charge < -0.3 is 15.0 Å². The Balaban J connectivity index is 4.39. The number of aliphatic hydroxyl groups excluding tert-OH is 1. The predicted octanol–water partition coefficient (Wildman–Crippen LogP) is 1.93. The lowest BCUT2D eigenvalue weighted by atomic mass is 9.89. The maximum absolute atomic E-state index is 10.9. The fourth-order valence-corrected chi connectivity index (χ4v) is 1.41. The summed E-state index contributed by atoms with van der Waals surface area (Å²) in [5, 5.41) is 18.5. The second kappa shape index (κ2) is 6.81. The second-order valence-electron chi connectivity index (χ2n) is 5.02. The van der Waals surface area contributed by atoms with Gasteiger partial charge in [0.1, 0.15) is 11.4 Å². The Kier molecular flexibility index (Phi) is 6.53. The number of Topliss-reactive ketones (excluding diaryl/α,β-unsaturated/α-hetero) is 1. The summed E-state index contributed by atoms with van der Waals surface area (Å²) >= 11 is 0.